The van der Waals surface area contributed by atoms with Crippen LogP contribution in [-0.2, 0) is 9.59 Å². The minimum Gasteiger partial charge on any atom is -0.480 e. The van der Waals surface area contributed by atoms with E-state index < -0.39 is 23.5 Å². The lowest BCUT2D eigenvalue weighted by molar-refractivity contribution is -0.163. The first-order chi connectivity index (χ1) is 9.34. The van der Waals surface area contributed by atoms with E-state index in [2.05, 4.69) is 5.32 Å². The number of aliphatic hydroxyl groups is 2. The summed E-state index contributed by atoms with van der Waals surface area (Å²) in [5, 5.41) is 38.5. The Morgan fingerprint density at radius 2 is 1.65 bits per heavy atom. The average Bonchev–Trinajstić information content (AvgIpc) is 2.40. The second-order valence-electron chi connectivity index (χ2n) is 5.15. The van der Waals surface area contributed by atoms with Gasteiger partial charge in [0, 0.05) is 6.54 Å². The van der Waals surface area contributed by atoms with Gasteiger partial charge in [-0.2, -0.15) is 0 Å². The lowest BCUT2D eigenvalue weighted by Gasteiger charge is -2.19. The first-order valence-corrected chi connectivity index (χ1v) is 6.81. The van der Waals surface area contributed by atoms with Gasteiger partial charge in [-0.15, -0.1) is 0 Å². The zero-order valence-corrected chi connectivity index (χ0v) is 11.8. The fourth-order valence-corrected chi connectivity index (χ4v) is 1.72. The van der Waals surface area contributed by atoms with E-state index in [1.807, 2.05) is 0 Å². The molecular weight excluding hydrogens is 266 g/mol. The van der Waals surface area contributed by atoms with Crippen molar-refractivity contribution in [2.75, 3.05) is 19.7 Å². The van der Waals surface area contributed by atoms with Gasteiger partial charge in [0.2, 0.25) is 0 Å². The summed E-state index contributed by atoms with van der Waals surface area (Å²) < 4.78 is 0. The standard InChI is InChI=1S/C13H25NO6/c1-13(11(17)18,12(19)20)6-4-2-3-5-7-14-8-10(16)9-15/h10,14-16H,2-9H2,1H3,(H,17,18)(H,19,20). The molecule has 0 saturated carbocycles. The van der Waals surface area contributed by atoms with Crippen LogP contribution >= 0.6 is 0 Å². The molecule has 0 rings (SSSR count). The van der Waals surface area contributed by atoms with Crippen LogP contribution in [0.15, 0.2) is 0 Å². The van der Waals surface area contributed by atoms with Crippen LogP contribution in [0.25, 0.3) is 0 Å². The van der Waals surface area contributed by atoms with Gasteiger partial charge in [-0.25, -0.2) is 0 Å². The van der Waals surface area contributed by atoms with Gasteiger partial charge in [-0.3, -0.25) is 9.59 Å². The number of rotatable bonds is 12. The molecule has 0 fully saturated rings. The van der Waals surface area contributed by atoms with Crippen molar-refractivity contribution in [1.29, 1.82) is 0 Å². The summed E-state index contributed by atoms with van der Waals surface area (Å²) in [6.07, 6.45) is 2.40. The Morgan fingerprint density at radius 3 is 2.15 bits per heavy atom. The van der Waals surface area contributed by atoms with E-state index in [-0.39, 0.29) is 13.0 Å². The third kappa shape index (κ3) is 6.83. The predicted octanol–water partition coefficient (Wildman–Crippen LogP) is 0.0552. The van der Waals surface area contributed by atoms with E-state index in [1.54, 1.807) is 0 Å². The summed E-state index contributed by atoms with van der Waals surface area (Å²) in [6.45, 7) is 2.00. The Balaban J connectivity index is 3.66. The molecule has 0 aliphatic carbocycles. The highest BCUT2D eigenvalue weighted by molar-refractivity contribution is 5.97. The fourth-order valence-electron chi connectivity index (χ4n) is 1.72. The molecule has 0 aliphatic heterocycles. The van der Waals surface area contributed by atoms with E-state index in [0.29, 0.717) is 19.5 Å². The molecule has 0 amide bonds. The minimum atomic E-state index is -1.70. The number of carbonyl (C=O) groups is 2. The molecule has 0 bridgehead atoms. The Hall–Kier alpha value is -1.18. The molecule has 0 aromatic rings. The molecule has 0 heterocycles. The first-order valence-electron chi connectivity index (χ1n) is 6.81. The smallest absolute Gasteiger partial charge is 0.320 e. The summed E-state index contributed by atoms with van der Waals surface area (Å²) in [5.74, 6) is -2.60. The van der Waals surface area contributed by atoms with Crippen LogP contribution in [0.3, 0.4) is 0 Å². The van der Waals surface area contributed by atoms with Crippen LogP contribution < -0.4 is 5.32 Å². The highest BCUT2D eigenvalue weighted by Crippen LogP contribution is 2.25. The predicted molar refractivity (Wildman–Crippen MR) is 72.4 cm³/mol. The summed E-state index contributed by atoms with van der Waals surface area (Å²) in [7, 11) is 0. The van der Waals surface area contributed by atoms with Crippen LogP contribution in [-0.4, -0.2) is 58.2 Å². The van der Waals surface area contributed by atoms with Crippen molar-refractivity contribution >= 4 is 11.9 Å². The van der Waals surface area contributed by atoms with E-state index in [0.717, 1.165) is 19.3 Å². The molecule has 0 radical (unpaired) electrons. The van der Waals surface area contributed by atoms with Crippen LogP contribution in [0.4, 0.5) is 0 Å². The summed E-state index contributed by atoms with van der Waals surface area (Å²) in [4.78, 5) is 21.9. The first kappa shape index (κ1) is 18.8. The van der Waals surface area contributed by atoms with Crippen molar-refractivity contribution in [3.63, 3.8) is 0 Å². The second-order valence-corrected chi connectivity index (χ2v) is 5.15. The largest absolute Gasteiger partial charge is 0.480 e. The van der Waals surface area contributed by atoms with Crippen molar-refractivity contribution in [3.05, 3.63) is 0 Å². The molecule has 5 N–H and O–H groups in total. The zero-order chi connectivity index (χ0) is 15.6. The number of aliphatic carboxylic acids is 2. The number of carboxylic acids is 2. The van der Waals surface area contributed by atoms with Crippen molar-refractivity contribution in [3.8, 4) is 0 Å². The highest BCUT2D eigenvalue weighted by Gasteiger charge is 2.40. The maximum Gasteiger partial charge on any atom is 0.320 e. The molecule has 7 nitrogen and oxygen atoms in total. The molecule has 1 unspecified atom stereocenters. The van der Waals surface area contributed by atoms with E-state index >= 15 is 0 Å². The second kappa shape index (κ2) is 9.68. The van der Waals surface area contributed by atoms with Gasteiger partial charge in [-0.05, 0) is 26.3 Å². The Bertz CT molecular complexity index is 293. The van der Waals surface area contributed by atoms with E-state index in [1.165, 1.54) is 6.92 Å². The molecule has 0 saturated heterocycles. The number of hydrogen-bond acceptors (Lipinski definition) is 5. The van der Waals surface area contributed by atoms with Gasteiger partial charge in [0.1, 0.15) is 0 Å². The summed E-state index contributed by atoms with van der Waals surface area (Å²) in [5.41, 5.74) is -1.70. The topological polar surface area (TPSA) is 127 Å². The van der Waals surface area contributed by atoms with Gasteiger partial charge in [0.15, 0.2) is 5.41 Å². The molecule has 118 valence electrons. The molecule has 1 atom stereocenters. The minimum absolute atomic E-state index is 0.119. The van der Waals surface area contributed by atoms with Gasteiger partial charge < -0.3 is 25.7 Å². The van der Waals surface area contributed by atoms with Crippen LogP contribution in [0, 0.1) is 5.41 Å². The van der Waals surface area contributed by atoms with Crippen molar-refractivity contribution in [2.45, 2.75) is 45.1 Å². The van der Waals surface area contributed by atoms with E-state index in [4.69, 9.17) is 20.4 Å². The molecule has 7 heteroatoms. The summed E-state index contributed by atoms with van der Waals surface area (Å²) in [6, 6.07) is 0. The highest BCUT2D eigenvalue weighted by atomic mass is 16.4. The maximum absolute atomic E-state index is 10.9. The summed E-state index contributed by atoms with van der Waals surface area (Å²) >= 11 is 0. The van der Waals surface area contributed by atoms with Gasteiger partial charge in [0.25, 0.3) is 0 Å². The average molecular weight is 291 g/mol. The quantitative estimate of drug-likeness (QED) is 0.254. The van der Waals surface area contributed by atoms with Crippen LogP contribution in [0.5, 0.6) is 0 Å². The Morgan fingerprint density at radius 1 is 1.10 bits per heavy atom. The number of hydrogen-bond donors (Lipinski definition) is 5. The normalized spacial score (nSPS) is 13.2. The molecule has 0 aliphatic rings. The number of nitrogens with one attached hydrogen (secondary N) is 1. The Labute approximate surface area is 118 Å². The zero-order valence-electron chi connectivity index (χ0n) is 11.8. The number of unbranched alkanes of at least 4 members (excludes halogenated alkanes) is 3. The fraction of sp³-hybridized carbons (Fsp3) is 0.846. The SMILES string of the molecule is CC(CCCCCCNCC(O)CO)(C(=O)O)C(=O)O. The number of aliphatic hydroxyl groups excluding tert-OH is 2. The van der Waals surface area contributed by atoms with Crippen molar-refractivity contribution in [2.24, 2.45) is 5.41 Å². The molecule has 0 aromatic carbocycles. The Kier molecular flexibility index (Phi) is 9.11. The lowest BCUT2D eigenvalue weighted by atomic mass is 9.85. The van der Waals surface area contributed by atoms with Crippen LogP contribution in [0.2, 0.25) is 0 Å². The van der Waals surface area contributed by atoms with Gasteiger partial charge in [0.05, 0.1) is 12.7 Å². The number of carboxylic acid groups (broad SMARTS) is 2. The van der Waals surface area contributed by atoms with Crippen molar-refractivity contribution in [1.82, 2.24) is 5.32 Å². The monoisotopic (exact) mass is 291 g/mol. The third-order valence-corrected chi connectivity index (χ3v) is 3.32. The van der Waals surface area contributed by atoms with Crippen LogP contribution in [0.1, 0.15) is 39.0 Å². The van der Waals surface area contributed by atoms with Gasteiger partial charge >= 0.3 is 11.9 Å². The molecular formula is C13H25NO6. The lowest BCUT2D eigenvalue weighted by Crippen LogP contribution is -2.36. The third-order valence-electron chi connectivity index (χ3n) is 3.32. The maximum atomic E-state index is 10.9. The van der Waals surface area contributed by atoms with Crippen molar-refractivity contribution < 1.29 is 30.0 Å². The molecule has 0 aromatic heterocycles. The molecule has 0 spiro atoms. The molecule has 20 heavy (non-hydrogen) atoms. The van der Waals surface area contributed by atoms with E-state index in [9.17, 15) is 9.59 Å². The van der Waals surface area contributed by atoms with Gasteiger partial charge in [-0.1, -0.05) is 19.3 Å².